The molecule has 1 heterocycles. The molecule has 1 N–H and O–H groups in total. The van der Waals surface area contributed by atoms with E-state index >= 15 is 0 Å². The van der Waals surface area contributed by atoms with Crippen molar-refractivity contribution in [2.45, 2.75) is 33.8 Å². The first-order chi connectivity index (χ1) is 19.6. The number of nitrogens with one attached hydrogen (secondary N) is 1. The molecule has 0 saturated carbocycles. The zero-order chi connectivity index (χ0) is 29.7. The molecule has 3 amide bonds. The molecule has 3 aromatic carbocycles. The topological polar surface area (TPSA) is 84.9 Å². The molecule has 212 valence electrons. The monoisotopic (exact) mass is 634 g/mol. The van der Waals surface area contributed by atoms with Gasteiger partial charge >= 0.3 is 0 Å². The number of methoxy groups -OCH3 is 1. The number of hydrogen-bond acceptors (Lipinski definition) is 6. The minimum Gasteiger partial charge on any atom is -0.493 e. The van der Waals surface area contributed by atoms with E-state index in [2.05, 4.69) is 27.8 Å². The van der Waals surface area contributed by atoms with Crippen LogP contribution >= 0.6 is 27.7 Å². The van der Waals surface area contributed by atoms with Crippen LogP contribution in [0.2, 0.25) is 0 Å². The number of allylic oxidation sites excluding steroid dienone is 1. The summed E-state index contributed by atoms with van der Waals surface area (Å²) in [5.74, 6) is 0.118. The zero-order valence-electron chi connectivity index (χ0n) is 23.4. The Hall–Kier alpha value is -3.82. The highest BCUT2D eigenvalue weighted by molar-refractivity contribution is 9.10. The fraction of sp³-hybridized carbons (Fsp3) is 0.219. The number of anilines is 1. The lowest BCUT2D eigenvalue weighted by atomic mass is 10.0. The van der Waals surface area contributed by atoms with Crippen LogP contribution in [0, 0.1) is 20.8 Å². The summed E-state index contributed by atoms with van der Waals surface area (Å²) >= 11 is 4.24. The van der Waals surface area contributed by atoms with Crippen molar-refractivity contribution in [3.8, 4) is 11.5 Å². The van der Waals surface area contributed by atoms with Crippen LogP contribution in [-0.2, 0) is 22.6 Å². The summed E-state index contributed by atoms with van der Waals surface area (Å²) in [6.07, 6.45) is 3.90. The molecule has 1 fully saturated rings. The van der Waals surface area contributed by atoms with Gasteiger partial charge in [-0.05, 0) is 91.5 Å². The lowest BCUT2D eigenvalue weighted by molar-refractivity contribution is -0.127. The number of carbonyl (C=O) groups is 3. The number of thioether (sulfide) groups is 1. The van der Waals surface area contributed by atoms with Gasteiger partial charge in [-0.3, -0.25) is 19.3 Å². The fourth-order valence-electron chi connectivity index (χ4n) is 4.61. The predicted molar refractivity (Wildman–Crippen MR) is 167 cm³/mol. The Morgan fingerprint density at radius 3 is 2.39 bits per heavy atom. The summed E-state index contributed by atoms with van der Waals surface area (Å²) in [6, 6.07) is 15.4. The van der Waals surface area contributed by atoms with Gasteiger partial charge in [-0.15, -0.1) is 6.58 Å². The molecule has 0 bridgehead atoms. The Kier molecular flexibility index (Phi) is 9.73. The average molecular weight is 636 g/mol. The summed E-state index contributed by atoms with van der Waals surface area (Å²) in [5, 5.41) is 2.35. The van der Waals surface area contributed by atoms with Crippen LogP contribution in [0.3, 0.4) is 0 Å². The third-order valence-corrected chi connectivity index (χ3v) is 7.89. The highest BCUT2D eigenvalue weighted by atomic mass is 79.9. The first-order valence-electron chi connectivity index (χ1n) is 12.9. The maximum atomic E-state index is 13.2. The van der Waals surface area contributed by atoms with Crippen molar-refractivity contribution in [2.24, 2.45) is 0 Å². The third kappa shape index (κ3) is 7.28. The van der Waals surface area contributed by atoms with E-state index in [4.69, 9.17) is 9.47 Å². The Labute approximate surface area is 252 Å². The van der Waals surface area contributed by atoms with Crippen LogP contribution in [0.1, 0.15) is 33.4 Å². The SMILES string of the molecule is C=CCc1cc(/C=C2\SC(=O)N(CC(=O)Nc3c(C)cc(C)cc3C)C2=O)cc(OC)c1OCc1ccc(Br)cc1. The summed E-state index contributed by atoms with van der Waals surface area (Å²) in [6.45, 7) is 9.62. The molecule has 0 aliphatic carbocycles. The molecule has 41 heavy (non-hydrogen) atoms. The van der Waals surface area contributed by atoms with Gasteiger partial charge in [0.2, 0.25) is 5.91 Å². The number of ether oxygens (including phenoxy) is 2. The standard InChI is InChI=1S/C32H31BrN2O5S/c1-6-7-24-14-23(15-26(39-5)30(24)40-18-22-8-10-25(33)11-9-22)16-27-31(37)35(32(38)41-27)17-28(36)34-29-20(3)12-19(2)13-21(29)4/h6,8-16H,1,7,17-18H2,2-5H3,(H,34,36)/b27-16-. The Morgan fingerprint density at radius 1 is 1.07 bits per heavy atom. The van der Waals surface area contributed by atoms with Crippen LogP contribution < -0.4 is 14.8 Å². The predicted octanol–water partition coefficient (Wildman–Crippen LogP) is 7.37. The van der Waals surface area contributed by atoms with Crippen LogP contribution in [0.5, 0.6) is 11.5 Å². The molecule has 0 aromatic heterocycles. The smallest absolute Gasteiger partial charge is 0.294 e. The molecule has 0 radical (unpaired) electrons. The second-order valence-corrected chi connectivity index (χ2v) is 11.6. The molecular formula is C32H31BrN2O5S. The van der Waals surface area contributed by atoms with Crippen molar-refractivity contribution >= 4 is 56.5 Å². The molecule has 4 rings (SSSR count). The van der Waals surface area contributed by atoms with E-state index in [0.29, 0.717) is 35.8 Å². The summed E-state index contributed by atoms with van der Waals surface area (Å²) in [5.41, 5.74) is 6.09. The highest BCUT2D eigenvalue weighted by Crippen LogP contribution is 2.37. The Morgan fingerprint density at radius 2 is 1.76 bits per heavy atom. The minimum atomic E-state index is -0.521. The second-order valence-electron chi connectivity index (χ2n) is 9.71. The zero-order valence-corrected chi connectivity index (χ0v) is 25.8. The van der Waals surface area contributed by atoms with Gasteiger partial charge < -0.3 is 14.8 Å². The summed E-state index contributed by atoms with van der Waals surface area (Å²) < 4.78 is 12.8. The number of aryl methyl sites for hydroxylation is 3. The molecule has 7 nitrogen and oxygen atoms in total. The van der Waals surface area contributed by atoms with Crippen molar-refractivity contribution in [3.05, 3.63) is 104 Å². The normalized spacial score (nSPS) is 14.0. The second kappa shape index (κ2) is 13.2. The van der Waals surface area contributed by atoms with Gasteiger partial charge in [0.25, 0.3) is 11.1 Å². The van der Waals surface area contributed by atoms with E-state index in [1.807, 2.05) is 63.2 Å². The van der Waals surface area contributed by atoms with E-state index in [1.54, 1.807) is 25.3 Å². The largest absolute Gasteiger partial charge is 0.493 e. The summed E-state index contributed by atoms with van der Waals surface area (Å²) in [4.78, 5) is 39.9. The molecule has 1 aliphatic rings. The van der Waals surface area contributed by atoms with Crippen LogP contribution in [0.25, 0.3) is 6.08 Å². The van der Waals surface area contributed by atoms with Crippen molar-refractivity contribution in [2.75, 3.05) is 19.0 Å². The number of hydrogen-bond donors (Lipinski definition) is 1. The lowest BCUT2D eigenvalue weighted by Crippen LogP contribution is -2.36. The van der Waals surface area contributed by atoms with E-state index in [0.717, 1.165) is 49.0 Å². The van der Waals surface area contributed by atoms with Gasteiger partial charge in [0.15, 0.2) is 11.5 Å². The molecule has 1 aliphatic heterocycles. The van der Waals surface area contributed by atoms with E-state index in [9.17, 15) is 14.4 Å². The van der Waals surface area contributed by atoms with Gasteiger partial charge in [0.1, 0.15) is 13.2 Å². The Balaban J connectivity index is 1.53. The van der Waals surface area contributed by atoms with Gasteiger partial charge in [0, 0.05) is 15.7 Å². The van der Waals surface area contributed by atoms with Gasteiger partial charge in [-0.25, -0.2) is 0 Å². The van der Waals surface area contributed by atoms with Gasteiger partial charge in [-0.1, -0.05) is 51.8 Å². The average Bonchev–Trinajstić information content (AvgIpc) is 3.18. The van der Waals surface area contributed by atoms with E-state index < -0.39 is 17.1 Å². The summed E-state index contributed by atoms with van der Waals surface area (Å²) in [7, 11) is 1.55. The fourth-order valence-corrected chi connectivity index (χ4v) is 5.72. The van der Waals surface area contributed by atoms with Crippen molar-refractivity contribution < 1.29 is 23.9 Å². The molecular weight excluding hydrogens is 604 g/mol. The highest BCUT2D eigenvalue weighted by Gasteiger charge is 2.36. The van der Waals surface area contributed by atoms with Crippen molar-refractivity contribution in [1.82, 2.24) is 4.90 Å². The van der Waals surface area contributed by atoms with Gasteiger partial charge in [-0.2, -0.15) is 0 Å². The molecule has 0 unspecified atom stereocenters. The number of amides is 3. The van der Waals surface area contributed by atoms with Gasteiger partial charge in [0.05, 0.1) is 12.0 Å². The maximum Gasteiger partial charge on any atom is 0.294 e. The number of nitrogens with zero attached hydrogens (tertiary/aromatic N) is 1. The third-order valence-electron chi connectivity index (χ3n) is 6.45. The van der Waals surface area contributed by atoms with Crippen molar-refractivity contribution in [1.29, 1.82) is 0 Å². The lowest BCUT2D eigenvalue weighted by Gasteiger charge is -2.16. The molecule has 1 saturated heterocycles. The minimum absolute atomic E-state index is 0.223. The number of imide groups is 1. The van der Waals surface area contributed by atoms with Crippen molar-refractivity contribution in [3.63, 3.8) is 0 Å². The Bertz CT molecular complexity index is 1530. The number of carbonyl (C=O) groups excluding carboxylic acids is 3. The molecule has 3 aromatic rings. The first kappa shape index (κ1) is 30.1. The van der Waals surface area contributed by atoms with Crippen LogP contribution in [0.4, 0.5) is 10.5 Å². The quantitative estimate of drug-likeness (QED) is 0.185. The van der Waals surface area contributed by atoms with E-state index in [1.165, 1.54) is 0 Å². The number of benzene rings is 3. The molecule has 9 heteroatoms. The number of rotatable bonds is 10. The first-order valence-corrected chi connectivity index (χ1v) is 14.5. The number of halogens is 1. The molecule has 0 spiro atoms. The molecule has 0 atom stereocenters. The van der Waals surface area contributed by atoms with E-state index in [-0.39, 0.29) is 11.4 Å². The van der Waals surface area contributed by atoms with Crippen LogP contribution in [-0.4, -0.2) is 35.6 Å². The maximum absolute atomic E-state index is 13.2. The van der Waals surface area contributed by atoms with Crippen LogP contribution in [0.15, 0.2) is 70.6 Å².